The lowest BCUT2D eigenvalue weighted by atomic mass is 9.85. The minimum Gasteiger partial charge on any atom is -0.340 e. The Labute approximate surface area is 109 Å². The zero-order valence-corrected chi connectivity index (χ0v) is 12.3. The van der Waals surface area contributed by atoms with E-state index >= 15 is 0 Å². The molecule has 0 amide bonds. The van der Waals surface area contributed by atoms with Gasteiger partial charge in [-0.05, 0) is 18.8 Å². The fourth-order valence-electron chi connectivity index (χ4n) is 3.09. The Kier molecular flexibility index (Phi) is 8.78. The summed E-state index contributed by atoms with van der Waals surface area (Å²) in [5.41, 5.74) is 0. The van der Waals surface area contributed by atoms with Gasteiger partial charge in [-0.2, -0.15) is 0 Å². The quantitative estimate of drug-likeness (QED) is 0.589. The number of nitrogens with one attached hydrogen (secondary N) is 1. The summed E-state index contributed by atoms with van der Waals surface area (Å²) in [5, 5.41) is 0. The summed E-state index contributed by atoms with van der Waals surface area (Å²) in [6, 6.07) is 0. The molecule has 0 aliphatic heterocycles. The minimum atomic E-state index is 1.10. The van der Waals surface area contributed by atoms with Crippen LogP contribution in [0.5, 0.6) is 0 Å². The lowest BCUT2D eigenvalue weighted by Crippen LogP contribution is -3.05. The zero-order chi connectivity index (χ0) is 12.3. The van der Waals surface area contributed by atoms with E-state index in [0.717, 1.165) is 5.92 Å². The third-order valence-electron chi connectivity index (χ3n) is 4.26. The van der Waals surface area contributed by atoms with Gasteiger partial charge in [0.05, 0.1) is 20.6 Å². The monoisotopic (exact) mass is 240 g/mol. The van der Waals surface area contributed by atoms with E-state index in [1.807, 2.05) is 0 Å². The van der Waals surface area contributed by atoms with Gasteiger partial charge in [0.2, 0.25) is 0 Å². The van der Waals surface area contributed by atoms with Gasteiger partial charge in [-0.1, -0.05) is 64.2 Å². The van der Waals surface area contributed by atoms with E-state index in [1.165, 1.54) is 83.6 Å². The van der Waals surface area contributed by atoms with Crippen molar-refractivity contribution in [2.75, 3.05) is 20.6 Å². The molecule has 0 unspecified atom stereocenters. The Morgan fingerprint density at radius 3 is 2.00 bits per heavy atom. The van der Waals surface area contributed by atoms with Crippen LogP contribution in [0.15, 0.2) is 0 Å². The van der Waals surface area contributed by atoms with Crippen molar-refractivity contribution in [3.63, 3.8) is 0 Å². The number of hydrogen-bond donors (Lipinski definition) is 1. The molecule has 1 rings (SSSR count). The van der Waals surface area contributed by atoms with Crippen LogP contribution in [0.25, 0.3) is 0 Å². The topological polar surface area (TPSA) is 4.44 Å². The molecule has 0 aromatic rings. The smallest absolute Gasteiger partial charge is 0.0766 e. The molecule has 1 aliphatic carbocycles. The molecular weight excluding hydrogens is 206 g/mol. The average Bonchev–Trinajstić information content (AvgIpc) is 2.33. The molecule has 1 fully saturated rings. The maximum absolute atomic E-state index is 2.25. The number of unbranched alkanes of at least 4 members (excludes halogenated alkanes) is 5. The highest BCUT2D eigenvalue weighted by atomic mass is 15.0. The molecular formula is C16H34N+. The second-order valence-electron chi connectivity index (χ2n) is 6.37. The van der Waals surface area contributed by atoms with Gasteiger partial charge in [0, 0.05) is 0 Å². The first-order valence-corrected chi connectivity index (χ1v) is 8.08. The van der Waals surface area contributed by atoms with Crippen molar-refractivity contribution in [2.45, 2.75) is 77.0 Å². The number of quaternary nitrogens is 1. The molecule has 0 saturated heterocycles. The molecule has 102 valence electrons. The summed E-state index contributed by atoms with van der Waals surface area (Å²) in [5.74, 6) is 1.10. The standard InChI is InChI=1S/C16H33N/c1-17(2)15-11-6-4-3-5-8-12-16-13-9-7-10-14-16/h16H,3-15H2,1-2H3/p+1. The maximum Gasteiger partial charge on any atom is 0.0766 e. The van der Waals surface area contributed by atoms with Crippen LogP contribution in [0.1, 0.15) is 77.0 Å². The van der Waals surface area contributed by atoms with Crippen molar-refractivity contribution in [1.82, 2.24) is 0 Å². The predicted molar refractivity (Wildman–Crippen MR) is 76.6 cm³/mol. The molecule has 0 aromatic heterocycles. The van der Waals surface area contributed by atoms with Crippen LogP contribution < -0.4 is 4.90 Å². The SMILES string of the molecule is C[NH+](C)CCCCCCCCC1CCCCC1. The predicted octanol–water partition coefficient (Wildman–Crippen LogP) is 3.44. The average molecular weight is 240 g/mol. The van der Waals surface area contributed by atoms with Gasteiger partial charge in [0.25, 0.3) is 0 Å². The first kappa shape index (κ1) is 15.0. The van der Waals surface area contributed by atoms with Crippen LogP contribution in [-0.2, 0) is 0 Å². The summed E-state index contributed by atoms with van der Waals surface area (Å²) in [6.07, 6.45) is 17.9. The molecule has 0 atom stereocenters. The fourth-order valence-corrected chi connectivity index (χ4v) is 3.09. The van der Waals surface area contributed by atoms with E-state index in [0.29, 0.717) is 0 Å². The Bertz CT molecular complexity index is 159. The molecule has 1 N–H and O–H groups in total. The second kappa shape index (κ2) is 9.94. The van der Waals surface area contributed by atoms with Crippen LogP contribution in [0.2, 0.25) is 0 Å². The molecule has 1 saturated carbocycles. The van der Waals surface area contributed by atoms with Crippen LogP contribution >= 0.6 is 0 Å². The first-order chi connectivity index (χ1) is 8.29. The van der Waals surface area contributed by atoms with Crippen molar-refractivity contribution in [2.24, 2.45) is 5.92 Å². The van der Waals surface area contributed by atoms with Gasteiger partial charge < -0.3 is 4.90 Å². The summed E-state index contributed by atoms with van der Waals surface area (Å²) in [6.45, 7) is 1.35. The van der Waals surface area contributed by atoms with Gasteiger partial charge in [-0.3, -0.25) is 0 Å². The number of hydrogen-bond acceptors (Lipinski definition) is 0. The van der Waals surface area contributed by atoms with E-state index in [-0.39, 0.29) is 0 Å². The van der Waals surface area contributed by atoms with Gasteiger partial charge in [-0.15, -0.1) is 0 Å². The lowest BCUT2D eigenvalue weighted by molar-refractivity contribution is -0.858. The van der Waals surface area contributed by atoms with E-state index < -0.39 is 0 Å². The van der Waals surface area contributed by atoms with Crippen LogP contribution in [0.3, 0.4) is 0 Å². The number of rotatable bonds is 9. The van der Waals surface area contributed by atoms with Crippen LogP contribution in [-0.4, -0.2) is 20.6 Å². The van der Waals surface area contributed by atoms with Crippen molar-refractivity contribution >= 4 is 0 Å². The van der Waals surface area contributed by atoms with E-state index in [4.69, 9.17) is 0 Å². The van der Waals surface area contributed by atoms with Gasteiger partial charge in [0.1, 0.15) is 0 Å². The van der Waals surface area contributed by atoms with Crippen LogP contribution in [0.4, 0.5) is 0 Å². The molecule has 0 spiro atoms. The Hall–Kier alpha value is -0.0400. The lowest BCUT2D eigenvalue weighted by Gasteiger charge is -2.21. The van der Waals surface area contributed by atoms with Gasteiger partial charge >= 0.3 is 0 Å². The maximum atomic E-state index is 2.25. The normalized spacial score (nSPS) is 17.8. The second-order valence-corrected chi connectivity index (χ2v) is 6.37. The summed E-state index contributed by atoms with van der Waals surface area (Å²) in [4.78, 5) is 1.60. The molecule has 0 radical (unpaired) electrons. The molecule has 0 aromatic carbocycles. The van der Waals surface area contributed by atoms with Gasteiger partial charge in [-0.25, -0.2) is 0 Å². The molecule has 0 bridgehead atoms. The molecule has 0 heterocycles. The highest BCUT2D eigenvalue weighted by Gasteiger charge is 2.12. The van der Waals surface area contributed by atoms with Crippen molar-refractivity contribution < 1.29 is 4.90 Å². The Morgan fingerprint density at radius 2 is 1.35 bits per heavy atom. The third kappa shape index (κ3) is 8.65. The van der Waals surface area contributed by atoms with Crippen molar-refractivity contribution in [3.8, 4) is 0 Å². The first-order valence-electron chi connectivity index (χ1n) is 8.08. The summed E-state index contributed by atoms with van der Waals surface area (Å²) in [7, 11) is 4.51. The minimum absolute atomic E-state index is 1.10. The molecule has 1 heteroatoms. The molecule has 1 nitrogen and oxygen atoms in total. The highest BCUT2D eigenvalue weighted by molar-refractivity contribution is 4.65. The fraction of sp³-hybridized carbons (Fsp3) is 1.00. The van der Waals surface area contributed by atoms with Crippen LogP contribution in [0, 0.1) is 5.92 Å². The highest BCUT2D eigenvalue weighted by Crippen LogP contribution is 2.28. The van der Waals surface area contributed by atoms with Crippen molar-refractivity contribution in [3.05, 3.63) is 0 Å². The third-order valence-corrected chi connectivity index (χ3v) is 4.26. The summed E-state index contributed by atoms with van der Waals surface area (Å²) >= 11 is 0. The van der Waals surface area contributed by atoms with E-state index in [9.17, 15) is 0 Å². The van der Waals surface area contributed by atoms with E-state index in [1.54, 1.807) is 4.90 Å². The molecule has 17 heavy (non-hydrogen) atoms. The zero-order valence-electron chi connectivity index (χ0n) is 12.3. The Balaban J connectivity index is 1.78. The largest absolute Gasteiger partial charge is 0.340 e. The van der Waals surface area contributed by atoms with E-state index in [2.05, 4.69) is 14.1 Å². The van der Waals surface area contributed by atoms with Crippen molar-refractivity contribution in [1.29, 1.82) is 0 Å². The van der Waals surface area contributed by atoms with Gasteiger partial charge in [0.15, 0.2) is 0 Å². The Morgan fingerprint density at radius 1 is 0.765 bits per heavy atom. The summed E-state index contributed by atoms with van der Waals surface area (Å²) < 4.78 is 0. The molecule has 1 aliphatic rings.